The first-order valence-electron chi connectivity index (χ1n) is 7.09. The highest BCUT2D eigenvalue weighted by Gasteiger charge is 2.22. The van der Waals surface area contributed by atoms with Gasteiger partial charge in [0.1, 0.15) is 6.42 Å². The summed E-state index contributed by atoms with van der Waals surface area (Å²) in [7, 11) is 0. The molecule has 0 unspecified atom stereocenters. The van der Waals surface area contributed by atoms with E-state index in [2.05, 4.69) is 9.80 Å². The monoisotopic (exact) mass is 269 g/mol. The number of hydrogen-bond acceptors (Lipinski definition) is 4. The Hall–Kier alpha value is -1.14. The standard InChI is InChI=1S/C13H23N3O3/c17-12(11-13(18)19)16-9-7-15(8-10-16)6-5-14-3-1-2-4-14/h1-11H2,(H,18,19). The molecule has 0 aliphatic carbocycles. The van der Waals surface area contributed by atoms with E-state index in [9.17, 15) is 9.59 Å². The minimum absolute atomic E-state index is 0.258. The van der Waals surface area contributed by atoms with Gasteiger partial charge in [-0.1, -0.05) is 0 Å². The van der Waals surface area contributed by atoms with E-state index in [1.807, 2.05) is 0 Å². The average molecular weight is 269 g/mol. The van der Waals surface area contributed by atoms with Crippen molar-refractivity contribution in [2.75, 3.05) is 52.4 Å². The molecule has 108 valence electrons. The van der Waals surface area contributed by atoms with E-state index in [0.29, 0.717) is 13.1 Å². The predicted octanol–water partition coefficient (Wildman–Crippen LogP) is -0.299. The van der Waals surface area contributed by atoms with Crippen molar-refractivity contribution in [3.63, 3.8) is 0 Å². The zero-order valence-electron chi connectivity index (χ0n) is 11.4. The molecule has 2 fully saturated rings. The van der Waals surface area contributed by atoms with Crippen molar-refractivity contribution in [3.05, 3.63) is 0 Å². The van der Waals surface area contributed by atoms with Crippen LogP contribution in [0.1, 0.15) is 19.3 Å². The average Bonchev–Trinajstić information content (AvgIpc) is 2.89. The highest BCUT2D eigenvalue weighted by Crippen LogP contribution is 2.08. The molecule has 2 saturated heterocycles. The van der Waals surface area contributed by atoms with Crippen LogP contribution in [0.15, 0.2) is 0 Å². The molecular formula is C13H23N3O3. The second kappa shape index (κ2) is 6.86. The Kier molecular flexibility index (Phi) is 5.15. The van der Waals surface area contributed by atoms with Crippen LogP contribution in [0.4, 0.5) is 0 Å². The molecule has 0 aromatic rings. The molecule has 0 atom stereocenters. The highest BCUT2D eigenvalue weighted by atomic mass is 16.4. The van der Waals surface area contributed by atoms with Crippen LogP contribution >= 0.6 is 0 Å². The van der Waals surface area contributed by atoms with Gasteiger partial charge in [-0.2, -0.15) is 0 Å². The molecule has 6 nitrogen and oxygen atoms in total. The van der Waals surface area contributed by atoms with Crippen LogP contribution in [0.5, 0.6) is 0 Å². The number of carbonyl (C=O) groups is 2. The number of aliphatic carboxylic acids is 1. The molecule has 0 aromatic heterocycles. The number of rotatable bonds is 5. The van der Waals surface area contributed by atoms with Crippen molar-refractivity contribution < 1.29 is 14.7 Å². The van der Waals surface area contributed by atoms with E-state index in [1.165, 1.54) is 25.9 Å². The summed E-state index contributed by atoms with van der Waals surface area (Å²) in [6.07, 6.45) is 2.25. The lowest BCUT2D eigenvalue weighted by Crippen LogP contribution is -2.50. The number of hydrogen-bond donors (Lipinski definition) is 1. The van der Waals surface area contributed by atoms with Crippen LogP contribution in [-0.4, -0.2) is 84.0 Å². The molecule has 6 heteroatoms. The lowest BCUT2D eigenvalue weighted by Gasteiger charge is -2.35. The molecule has 1 amide bonds. The van der Waals surface area contributed by atoms with Crippen molar-refractivity contribution in [2.24, 2.45) is 0 Å². The van der Waals surface area contributed by atoms with Gasteiger partial charge in [-0.25, -0.2) is 0 Å². The van der Waals surface area contributed by atoms with E-state index in [-0.39, 0.29) is 12.3 Å². The van der Waals surface area contributed by atoms with Gasteiger partial charge in [0.2, 0.25) is 5.91 Å². The van der Waals surface area contributed by atoms with Crippen LogP contribution < -0.4 is 0 Å². The number of carbonyl (C=O) groups excluding carboxylic acids is 1. The molecule has 2 heterocycles. The van der Waals surface area contributed by atoms with Gasteiger partial charge in [0, 0.05) is 39.3 Å². The maximum Gasteiger partial charge on any atom is 0.312 e. The van der Waals surface area contributed by atoms with Gasteiger partial charge in [0.05, 0.1) is 0 Å². The summed E-state index contributed by atoms with van der Waals surface area (Å²) >= 11 is 0. The van der Waals surface area contributed by atoms with Gasteiger partial charge in [-0.15, -0.1) is 0 Å². The zero-order chi connectivity index (χ0) is 13.7. The van der Waals surface area contributed by atoms with Gasteiger partial charge < -0.3 is 14.9 Å². The van der Waals surface area contributed by atoms with E-state index in [0.717, 1.165) is 26.2 Å². The summed E-state index contributed by atoms with van der Waals surface area (Å²) in [5, 5.41) is 8.61. The van der Waals surface area contributed by atoms with Crippen molar-refractivity contribution in [3.8, 4) is 0 Å². The lowest BCUT2D eigenvalue weighted by molar-refractivity contribution is -0.145. The van der Waals surface area contributed by atoms with Gasteiger partial charge in [0.15, 0.2) is 0 Å². The van der Waals surface area contributed by atoms with E-state index < -0.39 is 5.97 Å². The first-order chi connectivity index (χ1) is 9.15. The van der Waals surface area contributed by atoms with Crippen molar-refractivity contribution >= 4 is 11.9 Å². The van der Waals surface area contributed by atoms with Gasteiger partial charge >= 0.3 is 5.97 Å². The largest absolute Gasteiger partial charge is 0.481 e. The summed E-state index contributed by atoms with van der Waals surface area (Å²) < 4.78 is 0. The Morgan fingerprint density at radius 1 is 0.842 bits per heavy atom. The number of carboxylic acids is 1. The Morgan fingerprint density at radius 2 is 1.37 bits per heavy atom. The topological polar surface area (TPSA) is 64.1 Å². The number of carboxylic acid groups (broad SMARTS) is 1. The molecule has 0 saturated carbocycles. The highest BCUT2D eigenvalue weighted by molar-refractivity contribution is 5.93. The number of amides is 1. The number of piperazine rings is 1. The second-order valence-electron chi connectivity index (χ2n) is 5.34. The minimum Gasteiger partial charge on any atom is -0.481 e. The minimum atomic E-state index is -1.04. The maximum atomic E-state index is 11.6. The van der Waals surface area contributed by atoms with Crippen molar-refractivity contribution in [2.45, 2.75) is 19.3 Å². The smallest absolute Gasteiger partial charge is 0.312 e. The first kappa shape index (κ1) is 14.3. The Bertz CT molecular complexity index is 321. The normalized spacial score (nSPS) is 21.8. The van der Waals surface area contributed by atoms with Gasteiger partial charge in [-0.3, -0.25) is 14.5 Å². The van der Waals surface area contributed by atoms with E-state index >= 15 is 0 Å². The number of likely N-dealkylation sites (tertiary alicyclic amines) is 1. The van der Waals surface area contributed by atoms with Crippen LogP contribution in [-0.2, 0) is 9.59 Å². The molecule has 0 radical (unpaired) electrons. The van der Waals surface area contributed by atoms with Gasteiger partial charge in [-0.05, 0) is 25.9 Å². The lowest BCUT2D eigenvalue weighted by atomic mass is 10.2. The SMILES string of the molecule is O=C(O)CC(=O)N1CCN(CCN2CCCC2)CC1. The van der Waals surface area contributed by atoms with Gasteiger partial charge in [0.25, 0.3) is 0 Å². The van der Waals surface area contributed by atoms with Crippen LogP contribution in [0.25, 0.3) is 0 Å². The third-order valence-corrected chi connectivity index (χ3v) is 3.96. The molecule has 1 N–H and O–H groups in total. The molecular weight excluding hydrogens is 246 g/mol. The fourth-order valence-electron chi connectivity index (χ4n) is 2.75. The molecule has 2 aliphatic rings. The zero-order valence-corrected chi connectivity index (χ0v) is 11.4. The first-order valence-corrected chi connectivity index (χ1v) is 7.09. The summed E-state index contributed by atoms with van der Waals surface area (Å²) in [4.78, 5) is 28.6. The molecule has 0 bridgehead atoms. The Balaban J connectivity index is 1.64. The maximum absolute atomic E-state index is 11.6. The van der Waals surface area contributed by atoms with Crippen LogP contribution in [0.3, 0.4) is 0 Å². The predicted molar refractivity (Wildman–Crippen MR) is 70.9 cm³/mol. The van der Waals surface area contributed by atoms with Crippen molar-refractivity contribution in [1.82, 2.24) is 14.7 Å². The third-order valence-electron chi connectivity index (χ3n) is 3.96. The van der Waals surface area contributed by atoms with Crippen LogP contribution in [0.2, 0.25) is 0 Å². The summed E-state index contributed by atoms with van der Waals surface area (Å²) in [6.45, 7) is 7.65. The van der Waals surface area contributed by atoms with E-state index in [4.69, 9.17) is 5.11 Å². The molecule has 0 aromatic carbocycles. The molecule has 2 aliphatic heterocycles. The fraction of sp³-hybridized carbons (Fsp3) is 0.846. The molecule has 0 spiro atoms. The second-order valence-corrected chi connectivity index (χ2v) is 5.34. The molecule has 19 heavy (non-hydrogen) atoms. The summed E-state index contributed by atoms with van der Waals surface area (Å²) in [5.41, 5.74) is 0. The fourth-order valence-corrected chi connectivity index (χ4v) is 2.75. The van der Waals surface area contributed by atoms with Crippen LogP contribution in [0, 0.1) is 0 Å². The Labute approximate surface area is 114 Å². The van der Waals surface area contributed by atoms with E-state index in [1.54, 1.807) is 4.90 Å². The molecule has 2 rings (SSSR count). The Morgan fingerprint density at radius 3 is 1.89 bits per heavy atom. The third kappa shape index (κ3) is 4.47. The van der Waals surface area contributed by atoms with Crippen molar-refractivity contribution in [1.29, 1.82) is 0 Å². The summed E-state index contributed by atoms with van der Waals surface area (Å²) in [5.74, 6) is -1.30. The number of nitrogens with zero attached hydrogens (tertiary/aromatic N) is 3. The quantitative estimate of drug-likeness (QED) is 0.694. The summed E-state index contributed by atoms with van der Waals surface area (Å²) in [6, 6.07) is 0.